The summed E-state index contributed by atoms with van der Waals surface area (Å²) in [6.07, 6.45) is -5.35. The van der Waals surface area contributed by atoms with Crippen molar-refractivity contribution in [2.45, 2.75) is 110 Å². The predicted octanol–water partition coefficient (Wildman–Crippen LogP) is 5.49. The fraction of sp³-hybridized carbons (Fsp3) is 0.561. The lowest BCUT2D eigenvalue weighted by Crippen LogP contribution is -2.70. The zero-order valence-corrected chi connectivity index (χ0v) is 31.0. The minimum atomic E-state index is -1.60. The molecule has 280 valence electrons. The van der Waals surface area contributed by atoms with Crippen LogP contribution < -0.4 is 5.32 Å². The lowest BCUT2D eigenvalue weighted by molar-refractivity contribution is -0.252. The number of nitrogens with one attached hydrogen (secondary N) is 1. The molecule has 0 spiro atoms. The van der Waals surface area contributed by atoms with Crippen LogP contribution in [0.1, 0.15) is 89.7 Å². The number of carbonyl (C=O) groups is 4. The number of hydrogen-bond donors (Lipinski definition) is 3. The third-order valence-electron chi connectivity index (χ3n) is 11.9. The van der Waals surface area contributed by atoms with E-state index >= 15 is 0 Å². The van der Waals surface area contributed by atoms with Crippen LogP contribution in [0.3, 0.4) is 0 Å². The van der Waals surface area contributed by atoms with Crippen molar-refractivity contribution in [3.05, 3.63) is 82.9 Å². The quantitative estimate of drug-likeness (QED) is 0.190. The molecule has 0 radical (unpaired) electrons. The molecule has 0 aromatic heterocycles. The lowest BCUT2D eigenvalue weighted by atomic mass is 9.47. The molecule has 11 heteroatoms. The number of rotatable bonds is 7. The highest BCUT2D eigenvalue weighted by Crippen LogP contribution is 2.60. The first-order valence-electron chi connectivity index (χ1n) is 18.2. The molecule has 10 atom stereocenters. The standard InChI is InChI=1S/C41H51NO10/c1-22-28(50-31(44)19-27(23-14-10-8-11-15-23)42-38(48)52-39(2,3)4)18-26-35(51-37(47)24-16-12-9-13-17-24)33-25-21-49-29(25)20-30(43)41(33,7)36(46)34(45)32(22)40(26,5)6/h8-17,25-30,33-35,43,45H,18-21H2,1-7H3,(H,42,48)/t25?,26?,27?,28-,29?,30?,33?,34?,35+,41?/m0/s1. The highest BCUT2D eigenvalue weighted by Gasteiger charge is 2.68. The third kappa shape index (κ3) is 6.90. The first-order valence-corrected chi connectivity index (χ1v) is 18.2. The molecule has 2 aromatic carbocycles. The van der Waals surface area contributed by atoms with Crippen LogP contribution in [0, 0.1) is 28.6 Å². The van der Waals surface area contributed by atoms with Gasteiger partial charge >= 0.3 is 18.0 Å². The van der Waals surface area contributed by atoms with Crippen molar-refractivity contribution in [3.63, 3.8) is 0 Å². The van der Waals surface area contributed by atoms with Gasteiger partial charge in [-0.15, -0.1) is 0 Å². The molecule has 8 unspecified atom stereocenters. The molecule has 2 aromatic rings. The Morgan fingerprint density at radius 2 is 1.60 bits per heavy atom. The molecule has 3 fully saturated rings. The van der Waals surface area contributed by atoms with Crippen molar-refractivity contribution in [1.29, 1.82) is 0 Å². The summed E-state index contributed by atoms with van der Waals surface area (Å²) in [5, 5.41) is 26.4. The van der Waals surface area contributed by atoms with Crippen LogP contribution in [-0.4, -0.2) is 76.8 Å². The summed E-state index contributed by atoms with van der Waals surface area (Å²) in [7, 11) is 0. The summed E-state index contributed by atoms with van der Waals surface area (Å²) < 4.78 is 24.0. The van der Waals surface area contributed by atoms with E-state index in [4.69, 9.17) is 18.9 Å². The molecule has 3 N–H and O–H groups in total. The van der Waals surface area contributed by atoms with Gasteiger partial charge in [0, 0.05) is 24.2 Å². The van der Waals surface area contributed by atoms with Gasteiger partial charge in [0.25, 0.3) is 0 Å². The topological polar surface area (TPSA) is 158 Å². The van der Waals surface area contributed by atoms with Gasteiger partial charge in [0.1, 0.15) is 23.9 Å². The number of benzene rings is 2. The Bertz CT molecular complexity index is 1720. The monoisotopic (exact) mass is 717 g/mol. The maximum Gasteiger partial charge on any atom is 0.408 e. The van der Waals surface area contributed by atoms with E-state index in [9.17, 15) is 29.4 Å². The summed E-state index contributed by atoms with van der Waals surface area (Å²) >= 11 is 0. The van der Waals surface area contributed by atoms with Crippen molar-refractivity contribution in [1.82, 2.24) is 5.32 Å². The number of carbonyl (C=O) groups excluding carboxylic acids is 4. The van der Waals surface area contributed by atoms with Gasteiger partial charge in [0.15, 0.2) is 5.78 Å². The Hall–Kier alpha value is -4.06. The molecule has 1 heterocycles. The molecule has 52 heavy (non-hydrogen) atoms. The van der Waals surface area contributed by atoms with E-state index in [1.807, 2.05) is 19.9 Å². The van der Waals surface area contributed by atoms with Gasteiger partial charge in [-0.05, 0) is 75.3 Å². The van der Waals surface area contributed by atoms with Crippen LogP contribution in [0.15, 0.2) is 71.8 Å². The lowest BCUT2D eigenvalue weighted by Gasteiger charge is -2.62. The van der Waals surface area contributed by atoms with Gasteiger partial charge in [0.2, 0.25) is 0 Å². The largest absolute Gasteiger partial charge is 0.458 e. The number of Topliss-reactive ketones (excluding diaryl/α,β-unsaturated/α-hetero) is 1. The fourth-order valence-electron chi connectivity index (χ4n) is 9.16. The average molecular weight is 718 g/mol. The minimum absolute atomic E-state index is 0.214. The first kappa shape index (κ1) is 37.7. The summed E-state index contributed by atoms with van der Waals surface area (Å²) in [4.78, 5) is 55.2. The molecule has 6 rings (SSSR count). The number of aliphatic hydroxyl groups excluding tert-OH is 2. The number of ether oxygens (including phenoxy) is 4. The van der Waals surface area contributed by atoms with E-state index in [0.717, 1.165) is 0 Å². The Kier molecular flexibility index (Phi) is 10.2. The zero-order chi connectivity index (χ0) is 37.7. The van der Waals surface area contributed by atoms with E-state index < -0.39 is 82.5 Å². The van der Waals surface area contributed by atoms with E-state index in [1.165, 1.54) is 0 Å². The molecular weight excluding hydrogens is 666 g/mol. The SMILES string of the molecule is CC1=C2C(O)C(=O)C3(C)C(O)CC4OCC4C3[C@H](OC(=O)c3ccccc3)C(C[C@@H]1OC(=O)CC(NC(=O)OC(C)(C)C)c1ccccc1)C2(C)C. The fourth-order valence-corrected chi connectivity index (χ4v) is 9.16. The zero-order valence-electron chi connectivity index (χ0n) is 31.0. The van der Waals surface area contributed by atoms with Crippen molar-refractivity contribution < 1.29 is 48.3 Å². The van der Waals surface area contributed by atoms with E-state index in [2.05, 4.69) is 5.32 Å². The Morgan fingerprint density at radius 3 is 2.19 bits per heavy atom. The number of alkyl carbamates (subject to hydrolysis) is 1. The van der Waals surface area contributed by atoms with Crippen molar-refractivity contribution in [3.8, 4) is 0 Å². The van der Waals surface area contributed by atoms with Gasteiger partial charge in [-0.1, -0.05) is 62.4 Å². The van der Waals surface area contributed by atoms with Gasteiger partial charge in [-0.3, -0.25) is 9.59 Å². The molecule has 11 nitrogen and oxygen atoms in total. The van der Waals surface area contributed by atoms with Crippen LogP contribution in [0.5, 0.6) is 0 Å². The van der Waals surface area contributed by atoms with Crippen LogP contribution in [0.2, 0.25) is 0 Å². The molecule has 4 aliphatic rings. The molecule has 1 aliphatic heterocycles. The van der Waals surface area contributed by atoms with Crippen LogP contribution in [0.25, 0.3) is 0 Å². The van der Waals surface area contributed by atoms with Gasteiger partial charge in [-0.25, -0.2) is 9.59 Å². The van der Waals surface area contributed by atoms with Crippen molar-refractivity contribution in [2.24, 2.45) is 28.6 Å². The van der Waals surface area contributed by atoms with Crippen LogP contribution in [-0.2, 0) is 28.5 Å². The smallest absolute Gasteiger partial charge is 0.408 e. The second-order valence-corrected chi connectivity index (χ2v) is 16.6. The molecule has 3 aliphatic carbocycles. The Balaban J connectivity index is 1.37. The van der Waals surface area contributed by atoms with Crippen LogP contribution in [0.4, 0.5) is 4.79 Å². The maximum atomic E-state index is 14.6. The molecule has 2 saturated carbocycles. The second kappa shape index (κ2) is 14.1. The minimum Gasteiger partial charge on any atom is -0.458 e. The summed E-state index contributed by atoms with van der Waals surface area (Å²) in [5.74, 6) is -3.20. The highest BCUT2D eigenvalue weighted by molar-refractivity contribution is 5.93. The van der Waals surface area contributed by atoms with E-state index in [0.29, 0.717) is 28.9 Å². The summed E-state index contributed by atoms with van der Waals surface area (Å²) in [5.41, 5.74) is -1.17. The first-order chi connectivity index (χ1) is 24.4. The highest BCUT2D eigenvalue weighted by atomic mass is 16.6. The molecule has 1 saturated heterocycles. The van der Waals surface area contributed by atoms with Crippen molar-refractivity contribution >= 4 is 23.8 Å². The van der Waals surface area contributed by atoms with Gasteiger partial charge < -0.3 is 34.5 Å². The molecule has 2 bridgehead atoms. The van der Waals surface area contributed by atoms with Crippen LogP contribution >= 0.6 is 0 Å². The summed E-state index contributed by atoms with van der Waals surface area (Å²) in [6.45, 7) is 12.8. The molecular formula is C41H51NO10. The number of fused-ring (bicyclic) bond motifs is 5. The molecule has 1 amide bonds. The van der Waals surface area contributed by atoms with E-state index in [-0.39, 0.29) is 31.3 Å². The summed E-state index contributed by atoms with van der Waals surface area (Å²) in [6, 6.07) is 16.9. The Labute approximate surface area is 305 Å². The predicted molar refractivity (Wildman–Crippen MR) is 190 cm³/mol. The number of hydrogen-bond acceptors (Lipinski definition) is 10. The Morgan fingerprint density at radius 1 is 0.962 bits per heavy atom. The number of amides is 1. The van der Waals surface area contributed by atoms with Crippen molar-refractivity contribution in [2.75, 3.05) is 6.61 Å². The number of esters is 2. The maximum absolute atomic E-state index is 14.6. The number of aliphatic hydroxyl groups is 2. The van der Waals surface area contributed by atoms with Gasteiger partial charge in [0.05, 0.1) is 42.3 Å². The average Bonchev–Trinajstić information content (AvgIpc) is 3.07. The third-order valence-corrected chi connectivity index (χ3v) is 11.9. The van der Waals surface area contributed by atoms with E-state index in [1.54, 1.807) is 89.2 Å². The second-order valence-electron chi connectivity index (χ2n) is 16.6. The number of ketones is 1. The normalized spacial score (nSPS) is 32.8. The van der Waals surface area contributed by atoms with Gasteiger partial charge in [-0.2, -0.15) is 0 Å².